The highest BCUT2D eigenvalue weighted by Crippen LogP contribution is 2.25. The molecule has 3 aromatic rings. The van der Waals surface area contributed by atoms with Crippen LogP contribution in [0, 0.1) is 12.3 Å². The Morgan fingerprint density at radius 2 is 1.95 bits per heavy atom. The third kappa shape index (κ3) is 7.22. The van der Waals surface area contributed by atoms with E-state index in [4.69, 9.17) is 0 Å². The van der Waals surface area contributed by atoms with Gasteiger partial charge in [0.25, 0.3) is 0 Å². The smallest absolute Gasteiger partial charge is 0.180 e. The molecule has 0 radical (unpaired) electrons. The quantitative estimate of drug-likeness (QED) is 0.177. The van der Waals surface area contributed by atoms with Crippen LogP contribution in [-0.4, -0.2) is 38.3 Å². The number of aryl methyl sites for hydroxylation is 1. The molecule has 0 unspecified atom stereocenters. The maximum atomic E-state index is 4.69. The van der Waals surface area contributed by atoms with Crippen molar-refractivity contribution < 1.29 is 0 Å². The molecule has 0 bridgehead atoms. The van der Waals surface area contributed by atoms with E-state index in [1.165, 1.54) is 0 Å². The number of nitrogens with one attached hydrogen (secondary N) is 3. The fourth-order valence-electron chi connectivity index (χ4n) is 3.78. The van der Waals surface area contributed by atoms with Crippen LogP contribution in [0.4, 0.5) is 0 Å². The first kappa shape index (κ1) is 29.8. The van der Waals surface area contributed by atoms with Gasteiger partial charge in [-0.15, -0.1) is 0 Å². The molecule has 0 atom stereocenters. The van der Waals surface area contributed by atoms with Gasteiger partial charge in [0.2, 0.25) is 0 Å². The minimum atomic E-state index is -0.0869. The van der Waals surface area contributed by atoms with Crippen LogP contribution in [0.25, 0.3) is 22.4 Å². The predicted octanol–water partition coefficient (Wildman–Crippen LogP) is 6.71. The van der Waals surface area contributed by atoms with Crippen molar-refractivity contribution in [3.05, 3.63) is 115 Å². The fraction of sp³-hybridized carbons (Fsp3) is 0.250. The van der Waals surface area contributed by atoms with Crippen molar-refractivity contribution >= 4 is 23.5 Å². The second-order valence-electron chi connectivity index (χ2n) is 10.4. The van der Waals surface area contributed by atoms with Crippen LogP contribution in [0.15, 0.2) is 108 Å². The zero-order valence-electron chi connectivity index (χ0n) is 24.5. The molecule has 0 aliphatic heterocycles. The number of H-pyrrole nitrogens is 1. The first-order valence-electron chi connectivity index (χ1n) is 13.1. The molecule has 0 spiro atoms. The molecule has 0 fully saturated rings. The lowest BCUT2D eigenvalue weighted by Crippen LogP contribution is -2.22. The summed E-state index contributed by atoms with van der Waals surface area (Å²) in [5.74, 6) is 0.678. The molecule has 3 rings (SSSR count). The minimum Gasteiger partial charge on any atom is -0.391 e. The average Bonchev–Trinajstić information content (AvgIpc) is 3.56. The van der Waals surface area contributed by atoms with Gasteiger partial charge in [-0.25, -0.2) is 15.0 Å². The van der Waals surface area contributed by atoms with Crippen molar-refractivity contribution in [1.82, 2.24) is 35.1 Å². The third-order valence-corrected chi connectivity index (χ3v) is 6.37. The number of hydrogen-bond donors (Lipinski definition) is 3. The molecule has 8 nitrogen and oxygen atoms in total. The Labute approximate surface area is 237 Å². The Morgan fingerprint density at radius 3 is 2.52 bits per heavy atom. The summed E-state index contributed by atoms with van der Waals surface area (Å²) in [4.78, 5) is 21.1. The van der Waals surface area contributed by atoms with Crippen LogP contribution in [0.3, 0.4) is 0 Å². The zero-order valence-corrected chi connectivity index (χ0v) is 24.5. The van der Waals surface area contributed by atoms with E-state index in [1.807, 2.05) is 62.0 Å². The van der Waals surface area contributed by atoms with E-state index in [0.717, 1.165) is 50.8 Å². The normalized spacial score (nSPS) is 13.3. The SMILES string of the molecule is C=C\C(=C/C(=C\C)C(=C/C=C(\CC(=C)c1nc2nccc(-n3cnc(C)c3)c2[nH]1)NC)/N=C)NC(=C)C(C)(C)C. The summed E-state index contributed by atoms with van der Waals surface area (Å²) >= 11 is 0. The predicted molar refractivity (Wildman–Crippen MR) is 168 cm³/mol. The molecular weight excluding hydrogens is 496 g/mol. The lowest BCUT2D eigenvalue weighted by molar-refractivity contribution is 0.478. The Hall–Kier alpha value is -4.72. The number of hydrogen-bond acceptors (Lipinski definition) is 6. The molecule has 0 saturated carbocycles. The van der Waals surface area contributed by atoms with E-state index in [9.17, 15) is 0 Å². The molecule has 0 aliphatic rings. The zero-order chi connectivity index (χ0) is 29.4. The van der Waals surface area contributed by atoms with Gasteiger partial charge in [-0.2, -0.15) is 0 Å². The van der Waals surface area contributed by atoms with E-state index in [-0.39, 0.29) is 5.41 Å². The topological polar surface area (TPSA) is 95.8 Å². The maximum absolute atomic E-state index is 4.69. The number of nitrogens with zero attached hydrogens (tertiary/aromatic N) is 5. The monoisotopic (exact) mass is 536 g/mol. The van der Waals surface area contributed by atoms with Crippen LogP contribution in [0.1, 0.15) is 45.6 Å². The van der Waals surface area contributed by atoms with Crippen LogP contribution in [0.5, 0.6) is 0 Å². The summed E-state index contributed by atoms with van der Waals surface area (Å²) in [5.41, 5.74) is 8.33. The van der Waals surface area contributed by atoms with Gasteiger partial charge in [0.1, 0.15) is 11.3 Å². The van der Waals surface area contributed by atoms with Crippen LogP contribution < -0.4 is 10.6 Å². The van der Waals surface area contributed by atoms with Gasteiger partial charge in [-0.3, -0.25) is 4.99 Å². The van der Waals surface area contributed by atoms with Gasteiger partial charge in [-0.05, 0) is 62.1 Å². The van der Waals surface area contributed by atoms with E-state index in [0.29, 0.717) is 17.9 Å². The van der Waals surface area contributed by atoms with Gasteiger partial charge in [-0.1, -0.05) is 46.6 Å². The Bertz CT molecular complexity index is 1550. The van der Waals surface area contributed by atoms with Crippen LogP contribution >= 0.6 is 0 Å². The van der Waals surface area contributed by atoms with Crippen molar-refractivity contribution in [3.63, 3.8) is 0 Å². The Morgan fingerprint density at radius 1 is 1.20 bits per heavy atom. The van der Waals surface area contributed by atoms with Gasteiger partial charge >= 0.3 is 0 Å². The van der Waals surface area contributed by atoms with Gasteiger partial charge in [0, 0.05) is 48.4 Å². The van der Waals surface area contributed by atoms with Crippen molar-refractivity contribution in [2.45, 2.75) is 41.0 Å². The Balaban J connectivity index is 1.84. The fourth-order valence-corrected chi connectivity index (χ4v) is 3.78. The second-order valence-corrected chi connectivity index (χ2v) is 10.4. The van der Waals surface area contributed by atoms with E-state index >= 15 is 0 Å². The standard InChI is InChI=1S/C32H40N8/c1-11-24(18-25(12-2)37-23(5)32(6,7)8)27(34-10)14-13-26(33-9)17-21(3)30-38-29-28(15-16-35-31(29)39-30)40-19-22(4)36-20-40/h11-16,18-20,33,37H,2-3,5,10,17H2,1,4,6-9H3,(H,35,38,39)/b24-11+,25-18+,26-13+,27-14-. The van der Waals surface area contributed by atoms with E-state index in [2.05, 4.69) is 82.8 Å². The molecule has 40 heavy (non-hydrogen) atoms. The number of aromatic amines is 1. The lowest BCUT2D eigenvalue weighted by atomic mass is 9.92. The third-order valence-electron chi connectivity index (χ3n) is 6.37. The van der Waals surface area contributed by atoms with Gasteiger partial charge in [0.05, 0.1) is 23.4 Å². The van der Waals surface area contributed by atoms with E-state index < -0.39 is 0 Å². The first-order chi connectivity index (χ1) is 19.0. The van der Waals surface area contributed by atoms with Crippen LogP contribution in [-0.2, 0) is 0 Å². The highest BCUT2D eigenvalue weighted by Gasteiger charge is 2.16. The number of allylic oxidation sites excluding steroid dienone is 7. The summed E-state index contributed by atoms with van der Waals surface area (Å²) in [6.07, 6.45) is 15.7. The number of aliphatic imine (C=N–C) groups is 1. The number of fused-ring (bicyclic) bond motifs is 1. The Kier molecular flexibility index (Phi) is 9.61. The number of imidazole rings is 2. The molecule has 0 aromatic carbocycles. The van der Waals surface area contributed by atoms with Gasteiger partial charge < -0.3 is 20.2 Å². The summed E-state index contributed by atoms with van der Waals surface area (Å²) in [6.45, 7) is 26.4. The summed E-state index contributed by atoms with van der Waals surface area (Å²) in [7, 11) is 1.88. The molecule has 8 heteroatoms. The molecule has 0 aliphatic carbocycles. The molecule has 3 heterocycles. The maximum Gasteiger partial charge on any atom is 0.180 e. The first-order valence-corrected chi connectivity index (χ1v) is 13.1. The van der Waals surface area contributed by atoms with Crippen molar-refractivity contribution in [2.24, 2.45) is 10.4 Å². The van der Waals surface area contributed by atoms with Crippen molar-refractivity contribution in [1.29, 1.82) is 0 Å². The van der Waals surface area contributed by atoms with Crippen molar-refractivity contribution in [3.8, 4) is 5.69 Å². The number of rotatable bonds is 12. The summed E-state index contributed by atoms with van der Waals surface area (Å²) in [6, 6.07) is 1.93. The minimum absolute atomic E-state index is 0.0869. The summed E-state index contributed by atoms with van der Waals surface area (Å²) in [5, 5.41) is 6.61. The molecule has 0 saturated heterocycles. The van der Waals surface area contributed by atoms with Gasteiger partial charge in [0.15, 0.2) is 5.65 Å². The average molecular weight is 537 g/mol. The second kappa shape index (κ2) is 12.9. The van der Waals surface area contributed by atoms with Crippen LogP contribution in [0.2, 0.25) is 0 Å². The number of pyridine rings is 1. The molecule has 3 N–H and O–H groups in total. The highest BCUT2D eigenvalue weighted by atomic mass is 15.1. The highest BCUT2D eigenvalue weighted by molar-refractivity contribution is 5.83. The van der Waals surface area contributed by atoms with E-state index in [1.54, 1.807) is 18.6 Å². The molecule has 208 valence electrons. The molecule has 0 amide bonds. The summed E-state index contributed by atoms with van der Waals surface area (Å²) < 4.78 is 1.96. The largest absolute Gasteiger partial charge is 0.391 e. The lowest BCUT2D eigenvalue weighted by Gasteiger charge is -2.23. The molecule has 3 aromatic heterocycles. The molecular formula is C32H40N8. The van der Waals surface area contributed by atoms with Crippen molar-refractivity contribution in [2.75, 3.05) is 7.05 Å². The number of aromatic nitrogens is 5.